The molecule has 7 rings (SSSR count). The summed E-state index contributed by atoms with van der Waals surface area (Å²) in [6, 6.07) is 19.1. The number of pyridine rings is 1. The summed E-state index contributed by atoms with van der Waals surface area (Å²) in [7, 11) is 0. The van der Waals surface area contributed by atoms with E-state index in [9.17, 15) is 19.2 Å². The van der Waals surface area contributed by atoms with Gasteiger partial charge in [-0.25, -0.2) is 9.88 Å². The van der Waals surface area contributed by atoms with E-state index in [0.717, 1.165) is 15.7 Å². The molecule has 1 aromatic heterocycles. The number of aromatic nitrogens is 1. The Kier molecular flexibility index (Phi) is 5.57. The lowest BCUT2D eigenvalue weighted by Crippen LogP contribution is -2.29. The van der Waals surface area contributed by atoms with Crippen molar-refractivity contribution in [1.82, 2.24) is 4.98 Å². The minimum Gasteiger partial charge on any atom is -0.293 e. The summed E-state index contributed by atoms with van der Waals surface area (Å²) in [4.78, 5) is 59.7. The van der Waals surface area contributed by atoms with Gasteiger partial charge in [0.2, 0.25) is 0 Å². The first-order valence-corrected chi connectivity index (χ1v) is 13.5. The molecule has 2 heterocycles. The van der Waals surface area contributed by atoms with Crippen LogP contribution in [-0.2, 0) is 0 Å². The zero-order valence-corrected chi connectivity index (χ0v) is 23.0. The summed E-state index contributed by atoms with van der Waals surface area (Å²) < 4.78 is 0. The van der Waals surface area contributed by atoms with E-state index in [1.807, 2.05) is 24.3 Å². The Morgan fingerprint density at radius 3 is 1.68 bits per heavy atom. The molecule has 1 aliphatic carbocycles. The van der Waals surface area contributed by atoms with Gasteiger partial charge >= 0.3 is 0 Å². The second kappa shape index (κ2) is 8.85. The second-order valence-electron chi connectivity index (χ2n) is 9.44. The van der Waals surface area contributed by atoms with Crippen LogP contribution < -0.4 is 4.90 Å². The van der Waals surface area contributed by atoms with Crippen molar-refractivity contribution in [3.63, 3.8) is 0 Å². The third-order valence-electron chi connectivity index (χ3n) is 7.29. The van der Waals surface area contributed by atoms with Crippen LogP contribution in [0.4, 0.5) is 5.69 Å². The van der Waals surface area contributed by atoms with Crippen LogP contribution in [0.5, 0.6) is 0 Å². The summed E-state index contributed by atoms with van der Waals surface area (Å²) >= 11 is 24.9. The lowest BCUT2D eigenvalue weighted by molar-refractivity contribution is 0.0882. The molecular weight excluding hydrogens is 594 g/mol. The molecule has 0 N–H and O–H groups in total. The standard InChI is InChI=1S/C30H12Cl4N2O4/c31-22-20-21(23(32)25(34)24(22)33)28(38)19(27(20)37)17-9-8-12-6-3-7-18(26(12)35-17)36-29(39)15-10-13-4-1-2-5-14(13)11-16(15)30(36)40/h1-11,19H. The normalized spacial score (nSPS) is 15.1. The highest BCUT2D eigenvalue weighted by Crippen LogP contribution is 2.48. The van der Waals surface area contributed by atoms with Crippen LogP contribution in [0.25, 0.3) is 21.7 Å². The molecule has 0 unspecified atom stereocenters. The van der Waals surface area contributed by atoms with Gasteiger partial charge in [-0.05, 0) is 35.0 Å². The molecule has 2 amide bonds. The van der Waals surface area contributed by atoms with Crippen molar-refractivity contribution in [1.29, 1.82) is 0 Å². The first kappa shape index (κ1) is 25.2. The molecule has 0 saturated carbocycles. The number of anilines is 1. The molecule has 2 aliphatic rings. The number of para-hydroxylation sites is 1. The molecule has 40 heavy (non-hydrogen) atoms. The van der Waals surface area contributed by atoms with Gasteiger partial charge in [0, 0.05) is 5.39 Å². The van der Waals surface area contributed by atoms with E-state index < -0.39 is 29.3 Å². The smallest absolute Gasteiger partial charge is 0.266 e. The average Bonchev–Trinajstić information content (AvgIpc) is 3.36. The fourth-order valence-corrected chi connectivity index (χ4v) is 6.44. The predicted octanol–water partition coefficient (Wildman–Crippen LogP) is 7.97. The molecule has 194 valence electrons. The molecule has 6 nitrogen and oxygen atoms in total. The van der Waals surface area contributed by atoms with Gasteiger partial charge in [-0.3, -0.25) is 19.2 Å². The van der Waals surface area contributed by atoms with Crippen LogP contribution in [0, 0.1) is 0 Å². The fraction of sp³-hybridized carbons (Fsp3) is 0.0333. The van der Waals surface area contributed by atoms with Gasteiger partial charge in [-0.2, -0.15) is 0 Å². The van der Waals surface area contributed by atoms with Gasteiger partial charge in [-0.1, -0.05) is 88.9 Å². The summed E-state index contributed by atoms with van der Waals surface area (Å²) in [6.45, 7) is 0. The molecule has 10 heteroatoms. The number of amides is 2. The minimum atomic E-state index is -1.36. The highest BCUT2D eigenvalue weighted by atomic mass is 35.5. The van der Waals surface area contributed by atoms with Crippen LogP contribution >= 0.6 is 46.4 Å². The number of fused-ring (bicyclic) bond motifs is 4. The second-order valence-corrected chi connectivity index (χ2v) is 11.0. The molecule has 1 aliphatic heterocycles. The first-order valence-electron chi connectivity index (χ1n) is 11.9. The van der Waals surface area contributed by atoms with E-state index in [-0.39, 0.29) is 59.2 Å². The Morgan fingerprint density at radius 1 is 0.600 bits per heavy atom. The topological polar surface area (TPSA) is 84.4 Å². The maximum Gasteiger partial charge on any atom is 0.266 e. The number of nitrogens with zero attached hydrogens (tertiary/aromatic N) is 2. The van der Waals surface area contributed by atoms with Crippen molar-refractivity contribution in [3.8, 4) is 0 Å². The maximum atomic E-state index is 13.5. The molecule has 0 atom stereocenters. The Hall–Kier alpha value is -3.81. The van der Waals surface area contributed by atoms with Gasteiger partial charge < -0.3 is 0 Å². The zero-order chi connectivity index (χ0) is 28.0. The minimum absolute atomic E-state index is 0.105. The Morgan fingerprint density at radius 2 is 1.12 bits per heavy atom. The van der Waals surface area contributed by atoms with Crippen molar-refractivity contribution >= 4 is 97.1 Å². The molecule has 0 radical (unpaired) electrons. The van der Waals surface area contributed by atoms with Crippen molar-refractivity contribution < 1.29 is 19.2 Å². The molecule has 0 fully saturated rings. The molecular formula is C30H12Cl4N2O4. The Balaban J connectivity index is 1.37. The molecule has 0 bridgehead atoms. The SMILES string of the molecule is O=C1c2c(Cl)c(Cl)c(Cl)c(Cl)c2C(=O)C1c1ccc2cccc(N3C(=O)c4cc5ccccc5cc4C3=O)c2n1. The summed E-state index contributed by atoms with van der Waals surface area (Å²) in [5.41, 5.74) is 0.944. The van der Waals surface area contributed by atoms with Gasteiger partial charge in [-0.15, -0.1) is 0 Å². The quantitative estimate of drug-likeness (QED) is 0.0882. The van der Waals surface area contributed by atoms with E-state index in [0.29, 0.717) is 5.39 Å². The zero-order valence-electron chi connectivity index (χ0n) is 20.0. The number of carbonyl (C=O) groups excluding carboxylic acids is 4. The fourth-order valence-electron chi connectivity index (χ4n) is 5.40. The van der Waals surface area contributed by atoms with Crippen molar-refractivity contribution in [2.75, 3.05) is 4.90 Å². The maximum absolute atomic E-state index is 13.5. The van der Waals surface area contributed by atoms with Gasteiger partial charge in [0.15, 0.2) is 11.6 Å². The third kappa shape index (κ3) is 3.34. The summed E-state index contributed by atoms with van der Waals surface area (Å²) in [5, 5.41) is 1.69. The van der Waals surface area contributed by atoms with Crippen molar-refractivity contribution in [2.24, 2.45) is 0 Å². The molecule has 0 spiro atoms. The van der Waals surface area contributed by atoms with Gasteiger partial charge in [0.1, 0.15) is 5.92 Å². The van der Waals surface area contributed by atoms with Crippen LogP contribution in [0.1, 0.15) is 53.0 Å². The molecule has 0 saturated heterocycles. The highest BCUT2D eigenvalue weighted by Gasteiger charge is 2.45. The number of benzene rings is 4. The number of hydrogen-bond acceptors (Lipinski definition) is 5. The lowest BCUT2D eigenvalue weighted by Gasteiger charge is -2.17. The van der Waals surface area contributed by atoms with E-state index in [1.165, 1.54) is 0 Å². The van der Waals surface area contributed by atoms with E-state index in [2.05, 4.69) is 4.98 Å². The number of hydrogen-bond donors (Lipinski definition) is 0. The Bertz CT molecular complexity index is 1950. The van der Waals surface area contributed by atoms with Crippen LogP contribution in [0.3, 0.4) is 0 Å². The number of carbonyl (C=O) groups is 4. The number of ketones is 2. The molecule has 5 aromatic rings. The predicted molar refractivity (Wildman–Crippen MR) is 155 cm³/mol. The molecule has 4 aromatic carbocycles. The lowest BCUT2D eigenvalue weighted by atomic mass is 9.98. The van der Waals surface area contributed by atoms with E-state index >= 15 is 0 Å². The number of Topliss-reactive ketones (excluding diaryl/α,β-unsaturated/α-hetero) is 2. The van der Waals surface area contributed by atoms with Crippen LogP contribution in [-0.4, -0.2) is 28.4 Å². The van der Waals surface area contributed by atoms with Crippen LogP contribution in [0.15, 0.2) is 66.7 Å². The number of halogens is 4. The number of rotatable bonds is 2. The number of imide groups is 1. The largest absolute Gasteiger partial charge is 0.293 e. The average molecular weight is 606 g/mol. The Labute approximate surface area is 246 Å². The van der Waals surface area contributed by atoms with Gasteiger partial charge in [0.05, 0.1) is 59.2 Å². The van der Waals surface area contributed by atoms with Crippen molar-refractivity contribution in [2.45, 2.75) is 5.92 Å². The summed E-state index contributed by atoms with van der Waals surface area (Å²) in [6.07, 6.45) is 0. The van der Waals surface area contributed by atoms with E-state index in [4.69, 9.17) is 46.4 Å². The van der Waals surface area contributed by atoms with Gasteiger partial charge in [0.25, 0.3) is 11.8 Å². The summed E-state index contributed by atoms with van der Waals surface area (Å²) in [5.74, 6) is -3.59. The third-order valence-corrected chi connectivity index (χ3v) is 9.10. The van der Waals surface area contributed by atoms with Crippen LogP contribution in [0.2, 0.25) is 20.1 Å². The monoisotopic (exact) mass is 604 g/mol. The van der Waals surface area contributed by atoms with Crippen molar-refractivity contribution in [3.05, 3.63) is 115 Å². The first-order chi connectivity index (χ1) is 19.2. The highest BCUT2D eigenvalue weighted by molar-refractivity contribution is 6.55. The van der Waals surface area contributed by atoms with E-state index in [1.54, 1.807) is 42.5 Å².